The normalized spacial score (nSPS) is 10.3. The van der Waals surface area contributed by atoms with Crippen molar-refractivity contribution in [3.63, 3.8) is 0 Å². The zero-order valence-electron chi connectivity index (χ0n) is 11.7. The van der Waals surface area contributed by atoms with Crippen molar-refractivity contribution in [2.45, 2.75) is 20.3 Å². The van der Waals surface area contributed by atoms with Crippen molar-refractivity contribution in [1.82, 2.24) is 9.97 Å². The monoisotopic (exact) mass is 291 g/mol. The first-order valence-electron chi connectivity index (χ1n) is 6.61. The van der Waals surface area contributed by atoms with E-state index in [1.807, 2.05) is 44.2 Å². The van der Waals surface area contributed by atoms with E-state index in [0.29, 0.717) is 24.3 Å². The number of nitrogens with zero attached hydrogens (tertiary/aromatic N) is 2. The molecule has 1 aromatic carbocycles. The lowest BCUT2D eigenvalue weighted by atomic mass is 10.1. The van der Waals surface area contributed by atoms with Gasteiger partial charge in [-0.05, 0) is 38.0 Å². The fourth-order valence-corrected chi connectivity index (χ4v) is 2.03. The molecule has 1 heterocycles. The predicted molar refractivity (Wildman–Crippen MR) is 82.1 cm³/mol. The molecule has 0 aliphatic heterocycles. The number of aromatic nitrogens is 2. The van der Waals surface area contributed by atoms with Gasteiger partial charge in [0, 0.05) is 23.3 Å². The molecule has 4 nitrogen and oxygen atoms in total. The van der Waals surface area contributed by atoms with Gasteiger partial charge >= 0.3 is 0 Å². The second-order valence-corrected chi connectivity index (χ2v) is 4.74. The molecule has 0 fully saturated rings. The Kier molecular flexibility index (Phi) is 5.18. The van der Waals surface area contributed by atoms with E-state index < -0.39 is 0 Å². The van der Waals surface area contributed by atoms with E-state index in [-0.39, 0.29) is 0 Å². The summed E-state index contributed by atoms with van der Waals surface area (Å²) in [5, 5.41) is 3.18. The Labute approximate surface area is 124 Å². The van der Waals surface area contributed by atoms with E-state index in [4.69, 9.17) is 16.3 Å². The zero-order valence-corrected chi connectivity index (χ0v) is 12.4. The Morgan fingerprint density at radius 1 is 1.20 bits per heavy atom. The SMILES string of the molecule is CCOc1cc(C)nc(Nc2ccc(CCCl)cc2)n1. The summed E-state index contributed by atoms with van der Waals surface area (Å²) < 4.78 is 5.41. The standard InChI is InChI=1S/C15H18ClN3O/c1-3-20-14-10-11(2)17-15(19-14)18-13-6-4-12(5-7-13)8-9-16/h4-7,10H,3,8-9H2,1-2H3,(H,17,18,19). The second kappa shape index (κ2) is 7.10. The van der Waals surface area contributed by atoms with Crippen LogP contribution in [-0.2, 0) is 6.42 Å². The Morgan fingerprint density at radius 3 is 2.60 bits per heavy atom. The van der Waals surface area contributed by atoms with Crippen molar-refractivity contribution in [2.75, 3.05) is 17.8 Å². The van der Waals surface area contributed by atoms with Gasteiger partial charge < -0.3 is 10.1 Å². The minimum Gasteiger partial charge on any atom is -0.478 e. The molecule has 0 unspecified atom stereocenters. The summed E-state index contributed by atoms with van der Waals surface area (Å²) in [6.45, 7) is 4.43. The molecule has 0 spiro atoms. The largest absolute Gasteiger partial charge is 0.478 e. The summed E-state index contributed by atoms with van der Waals surface area (Å²) in [7, 11) is 0. The lowest BCUT2D eigenvalue weighted by molar-refractivity contribution is 0.326. The van der Waals surface area contributed by atoms with Crippen molar-refractivity contribution in [3.8, 4) is 5.88 Å². The average molecular weight is 292 g/mol. The molecule has 1 aromatic heterocycles. The Hall–Kier alpha value is -1.81. The number of alkyl halides is 1. The van der Waals surface area contributed by atoms with E-state index in [1.54, 1.807) is 0 Å². The lowest BCUT2D eigenvalue weighted by Crippen LogP contribution is -2.02. The van der Waals surface area contributed by atoms with Gasteiger partial charge in [-0.2, -0.15) is 4.98 Å². The van der Waals surface area contributed by atoms with E-state index >= 15 is 0 Å². The first kappa shape index (κ1) is 14.6. The highest BCUT2D eigenvalue weighted by Gasteiger charge is 2.03. The number of anilines is 2. The maximum absolute atomic E-state index is 5.72. The van der Waals surface area contributed by atoms with Crippen LogP contribution in [0.4, 0.5) is 11.6 Å². The molecule has 2 rings (SSSR count). The number of hydrogen-bond donors (Lipinski definition) is 1. The van der Waals surface area contributed by atoms with Crippen LogP contribution in [0, 0.1) is 6.92 Å². The number of aryl methyl sites for hydroxylation is 2. The highest BCUT2D eigenvalue weighted by Crippen LogP contribution is 2.17. The maximum atomic E-state index is 5.72. The smallest absolute Gasteiger partial charge is 0.230 e. The first-order valence-corrected chi connectivity index (χ1v) is 7.15. The summed E-state index contributed by atoms with van der Waals surface area (Å²) >= 11 is 5.72. The van der Waals surface area contributed by atoms with E-state index in [1.165, 1.54) is 5.56 Å². The van der Waals surface area contributed by atoms with Crippen molar-refractivity contribution >= 4 is 23.2 Å². The molecule has 0 atom stereocenters. The molecule has 0 aliphatic carbocycles. The molecule has 1 N–H and O–H groups in total. The minimum absolute atomic E-state index is 0.540. The van der Waals surface area contributed by atoms with Crippen molar-refractivity contribution in [3.05, 3.63) is 41.6 Å². The summed E-state index contributed by atoms with van der Waals surface area (Å²) in [4.78, 5) is 8.66. The van der Waals surface area contributed by atoms with Crippen molar-refractivity contribution < 1.29 is 4.74 Å². The van der Waals surface area contributed by atoms with Crippen molar-refractivity contribution in [1.29, 1.82) is 0 Å². The second-order valence-electron chi connectivity index (χ2n) is 4.37. The summed E-state index contributed by atoms with van der Waals surface area (Å²) in [5.41, 5.74) is 3.02. The number of ether oxygens (including phenoxy) is 1. The fraction of sp³-hybridized carbons (Fsp3) is 0.333. The molecule has 0 saturated carbocycles. The molecule has 106 valence electrons. The van der Waals surface area contributed by atoms with Crippen LogP contribution in [0.2, 0.25) is 0 Å². The van der Waals surface area contributed by atoms with Crippen LogP contribution < -0.4 is 10.1 Å². The van der Waals surface area contributed by atoms with Gasteiger partial charge in [-0.3, -0.25) is 0 Å². The first-order chi connectivity index (χ1) is 9.71. The van der Waals surface area contributed by atoms with Gasteiger partial charge in [0.05, 0.1) is 6.61 Å². The van der Waals surface area contributed by atoms with Crippen LogP contribution in [0.3, 0.4) is 0 Å². The lowest BCUT2D eigenvalue weighted by Gasteiger charge is -2.09. The molecule has 0 saturated heterocycles. The molecule has 0 radical (unpaired) electrons. The molecular weight excluding hydrogens is 274 g/mol. The van der Waals surface area contributed by atoms with E-state index in [0.717, 1.165) is 17.8 Å². The Balaban J connectivity index is 2.12. The van der Waals surface area contributed by atoms with Crippen LogP contribution in [0.15, 0.2) is 30.3 Å². The van der Waals surface area contributed by atoms with Crippen LogP contribution in [0.25, 0.3) is 0 Å². The van der Waals surface area contributed by atoms with Crippen LogP contribution in [0.5, 0.6) is 5.88 Å². The predicted octanol–water partition coefficient (Wildman–Crippen LogP) is 3.71. The van der Waals surface area contributed by atoms with Gasteiger partial charge in [0.25, 0.3) is 0 Å². The van der Waals surface area contributed by atoms with Gasteiger partial charge in [-0.15, -0.1) is 11.6 Å². The molecule has 5 heteroatoms. The fourth-order valence-electron chi connectivity index (χ4n) is 1.81. The molecule has 2 aromatic rings. The zero-order chi connectivity index (χ0) is 14.4. The number of hydrogen-bond acceptors (Lipinski definition) is 4. The topological polar surface area (TPSA) is 47.0 Å². The number of nitrogens with one attached hydrogen (secondary N) is 1. The van der Waals surface area contributed by atoms with Crippen LogP contribution in [0.1, 0.15) is 18.2 Å². The number of benzene rings is 1. The Morgan fingerprint density at radius 2 is 1.95 bits per heavy atom. The average Bonchev–Trinajstić information content (AvgIpc) is 2.41. The number of halogens is 1. The van der Waals surface area contributed by atoms with E-state index in [9.17, 15) is 0 Å². The van der Waals surface area contributed by atoms with Crippen LogP contribution in [-0.4, -0.2) is 22.5 Å². The summed E-state index contributed by atoms with van der Waals surface area (Å²) in [6.07, 6.45) is 0.872. The van der Waals surface area contributed by atoms with Gasteiger partial charge in [0.15, 0.2) is 0 Å². The molecule has 20 heavy (non-hydrogen) atoms. The Bertz CT molecular complexity index is 558. The van der Waals surface area contributed by atoms with Gasteiger partial charge in [-0.25, -0.2) is 4.98 Å². The van der Waals surface area contributed by atoms with Gasteiger partial charge in [0.1, 0.15) is 0 Å². The van der Waals surface area contributed by atoms with Crippen molar-refractivity contribution in [2.24, 2.45) is 0 Å². The summed E-state index contributed by atoms with van der Waals surface area (Å²) in [5.74, 6) is 1.76. The van der Waals surface area contributed by atoms with Crippen LogP contribution >= 0.6 is 11.6 Å². The maximum Gasteiger partial charge on any atom is 0.230 e. The highest BCUT2D eigenvalue weighted by atomic mass is 35.5. The summed E-state index contributed by atoms with van der Waals surface area (Å²) in [6, 6.07) is 9.90. The quantitative estimate of drug-likeness (QED) is 0.824. The highest BCUT2D eigenvalue weighted by molar-refractivity contribution is 6.17. The minimum atomic E-state index is 0.540. The third-order valence-corrected chi connectivity index (χ3v) is 2.91. The number of rotatable bonds is 6. The molecule has 0 bridgehead atoms. The van der Waals surface area contributed by atoms with Gasteiger partial charge in [-0.1, -0.05) is 12.1 Å². The molecular formula is C15H18ClN3O. The van der Waals surface area contributed by atoms with Gasteiger partial charge in [0.2, 0.25) is 11.8 Å². The van der Waals surface area contributed by atoms with E-state index in [2.05, 4.69) is 15.3 Å². The third-order valence-electron chi connectivity index (χ3n) is 2.72. The molecule has 0 aliphatic rings. The third kappa shape index (κ3) is 4.10. The molecule has 0 amide bonds.